The molecule has 0 aromatic heterocycles. The zero-order chi connectivity index (χ0) is 10.1. The Kier molecular flexibility index (Phi) is 3.48. The second-order valence-electron chi connectivity index (χ2n) is 2.50. The second kappa shape index (κ2) is 4.06. The van der Waals surface area contributed by atoms with E-state index in [1.807, 2.05) is 0 Å². The Morgan fingerprint density at radius 1 is 1.31 bits per heavy atom. The van der Waals surface area contributed by atoms with Crippen LogP contribution in [-0.4, -0.2) is 9.04 Å². The van der Waals surface area contributed by atoms with E-state index < -0.39 is 10.0 Å². The van der Waals surface area contributed by atoms with Gasteiger partial charge < -0.3 is 5.11 Å². The van der Waals surface area contributed by atoms with Gasteiger partial charge in [-0.05, 0) is 17.7 Å². The zero-order valence-corrected chi connectivity index (χ0v) is 9.26. The van der Waals surface area contributed by atoms with Crippen LogP contribution < -0.4 is 0 Å². The molecule has 0 heterocycles. The van der Waals surface area contributed by atoms with Crippen molar-refractivity contribution < 1.29 is 13.9 Å². The molecule has 0 saturated heterocycles. The van der Waals surface area contributed by atoms with Crippen LogP contribution in [0.25, 0.3) is 0 Å². The summed E-state index contributed by atoms with van der Waals surface area (Å²) in [7, 11) is 0. The third-order valence-corrected chi connectivity index (χ3v) is 2.34. The molecule has 0 bridgehead atoms. The van der Waals surface area contributed by atoms with Crippen molar-refractivity contribution in [2.45, 2.75) is 10.0 Å². The Morgan fingerprint density at radius 3 is 2.15 bits per heavy atom. The molecular formula is C8H6ClF2IO. The lowest BCUT2D eigenvalue weighted by molar-refractivity contribution is -0.0206. The van der Waals surface area contributed by atoms with Crippen molar-refractivity contribution in [3.8, 4) is 0 Å². The van der Waals surface area contributed by atoms with Gasteiger partial charge in [-0.3, -0.25) is 0 Å². The summed E-state index contributed by atoms with van der Waals surface area (Å²) in [6, 6.07) is 5.67. The van der Waals surface area contributed by atoms with Gasteiger partial charge in [0.1, 0.15) is 0 Å². The van der Waals surface area contributed by atoms with Gasteiger partial charge in [0.25, 0.3) is 0 Å². The molecule has 72 valence electrons. The maximum atomic E-state index is 12.6. The Morgan fingerprint density at radius 2 is 1.77 bits per heavy atom. The molecule has 0 radical (unpaired) electrons. The minimum atomic E-state index is -3.16. The number of benzene rings is 1. The highest BCUT2D eigenvalue weighted by molar-refractivity contribution is 14.1. The van der Waals surface area contributed by atoms with E-state index in [0.29, 0.717) is 5.02 Å². The van der Waals surface area contributed by atoms with Gasteiger partial charge in [0, 0.05) is 27.6 Å². The molecule has 0 amide bonds. The molecule has 0 saturated carbocycles. The topological polar surface area (TPSA) is 20.2 Å². The van der Waals surface area contributed by atoms with Gasteiger partial charge in [-0.15, -0.1) is 0 Å². The van der Waals surface area contributed by atoms with Gasteiger partial charge in [0.2, 0.25) is 0 Å². The lowest BCUT2D eigenvalue weighted by Crippen LogP contribution is -2.17. The first-order valence-corrected chi connectivity index (χ1v) is 4.87. The van der Waals surface area contributed by atoms with E-state index in [-0.39, 0.29) is 5.56 Å². The summed E-state index contributed by atoms with van der Waals surface area (Å²) in [6.45, 7) is 0. The molecule has 0 aliphatic rings. The third-order valence-electron chi connectivity index (χ3n) is 1.50. The average Bonchev–Trinajstić information content (AvgIpc) is 2.03. The highest BCUT2D eigenvalue weighted by Crippen LogP contribution is 2.37. The van der Waals surface area contributed by atoms with Crippen LogP contribution in [0.4, 0.5) is 8.78 Å². The van der Waals surface area contributed by atoms with Gasteiger partial charge in [0.15, 0.2) is 6.10 Å². The lowest BCUT2D eigenvalue weighted by Gasteiger charge is -2.16. The van der Waals surface area contributed by atoms with Crippen LogP contribution in [0.3, 0.4) is 0 Å². The standard InChI is InChI=1S/C8H6ClF2IO/c9-6-3-1-5(2-4-6)7(13)8(10,11)12/h1-4,7,13H. The summed E-state index contributed by atoms with van der Waals surface area (Å²) in [5.74, 6) is 0. The van der Waals surface area contributed by atoms with Crippen LogP contribution in [0, 0.1) is 0 Å². The molecular weight excluding hydrogens is 312 g/mol. The van der Waals surface area contributed by atoms with Crippen molar-refractivity contribution in [3.05, 3.63) is 34.9 Å². The molecule has 1 aromatic rings. The molecule has 1 aromatic carbocycles. The molecule has 1 rings (SSSR count). The largest absolute Gasteiger partial charge is 0.381 e. The van der Waals surface area contributed by atoms with Crippen LogP contribution in [0.1, 0.15) is 11.7 Å². The number of alkyl halides is 3. The average molecular weight is 318 g/mol. The minimum absolute atomic E-state index is 0.156. The van der Waals surface area contributed by atoms with E-state index in [1.165, 1.54) is 24.3 Å². The number of aliphatic hydroxyl groups excluding tert-OH is 1. The molecule has 0 aliphatic carbocycles. The van der Waals surface area contributed by atoms with Crippen LogP contribution in [0.5, 0.6) is 0 Å². The molecule has 13 heavy (non-hydrogen) atoms. The van der Waals surface area contributed by atoms with E-state index in [0.717, 1.165) is 22.6 Å². The summed E-state index contributed by atoms with van der Waals surface area (Å²) in [5.41, 5.74) is 0.156. The van der Waals surface area contributed by atoms with Gasteiger partial charge in [-0.1, -0.05) is 23.7 Å². The van der Waals surface area contributed by atoms with Crippen molar-refractivity contribution in [1.82, 2.24) is 0 Å². The van der Waals surface area contributed by atoms with E-state index in [1.54, 1.807) is 0 Å². The summed E-state index contributed by atoms with van der Waals surface area (Å²) < 4.78 is 22.1. The lowest BCUT2D eigenvalue weighted by atomic mass is 10.1. The van der Waals surface area contributed by atoms with E-state index in [2.05, 4.69) is 0 Å². The van der Waals surface area contributed by atoms with Crippen LogP contribution >= 0.6 is 34.2 Å². The quantitative estimate of drug-likeness (QED) is 0.654. The summed E-state index contributed by atoms with van der Waals surface area (Å²) >= 11 is 6.46. The summed E-state index contributed by atoms with van der Waals surface area (Å²) in [5, 5.41) is 9.60. The first kappa shape index (κ1) is 11.1. The number of hydrogen-bond donors (Lipinski definition) is 1. The second-order valence-corrected chi connectivity index (χ2v) is 4.37. The Bertz CT molecular complexity index is 283. The Labute approximate surface area is 92.9 Å². The molecule has 0 aliphatic heterocycles. The predicted molar refractivity (Wildman–Crippen MR) is 55.4 cm³/mol. The summed E-state index contributed by atoms with van der Waals surface area (Å²) in [6.07, 6.45) is -1.79. The smallest absolute Gasteiger partial charge is 0.325 e. The van der Waals surface area contributed by atoms with E-state index >= 15 is 0 Å². The van der Waals surface area contributed by atoms with Crippen molar-refractivity contribution in [2.24, 2.45) is 0 Å². The predicted octanol–water partition coefficient (Wildman–Crippen LogP) is 3.40. The van der Waals surface area contributed by atoms with Crippen molar-refractivity contribution in [1.29, 1.82) is 0 Å². The first-order chi connectivity index (χ1) is 5.91. The van der Waals surface area contributed by atoms with Crippen molar-refractivity contribution in [2.75, 3.05) is 0 Å². The SMILES string of the molecule is OC(c1ccc(Cl)cc1)C(F)(F)I. The number of aliphatic hydroxyl groups is 1. The van der Waals surface area contributed by atoms with Crippen LogP contribution in [-0.2, 0) is 0 Å². The third kappa shape index (κ3) is 3.03. The highest BCUT2D eigenvalue weighted by Gasteiger charge is 2.35. The first-order valence-electron chi connectivity index (χ1n) is 3.41. The molecule has 1 nitrogen and oxygen atoms in total. The number of halogens is 4. The highest BCUT2D eigenvalue weighted by atomic mass is 127. The van der Waals surface area contributed by atoms with Gasteiger partial charge in [0.05, 0.1) is 0 Å². The zero-order valence-electron chi connectivity index (χ0n) is 6.35. The van der Waals surface area contributed by atoms with E-state index in [4.69, 9.17) is 16.7 Å². The Balaban J connectivity index is 2.90. The number of hydrogen-bond acceptors (Lipinski definition) is 1. The fourth-order valence-electron chi connectivity index (χ4n) is 0.834. The fourth-order valence-corrected chi connectivity index (χ4v) is 1.32. The monoisotopic (exact) mass is 318 g/mol. The molecule has 0 fully saturated rings. The van der Waals surface area contributed by atoms with Crippen molar-refractivity contribution in [3.63, 3.8) is 0 Å². The molecule has 1 unspecified atom stereocenters. The van der Waals surface area contributed by atoms with Crippen LogP contribution in [0.15, 0.2) is 24.3 Å². The number of rotatable bonds is 2. The summed E-state index contributed by atoms with van der Waals surface area (Å²) in [4.78, 5) is 0. The van der Waals surface area contributed by atoms with Gasteiger partial charge in [-0.2, -0.15) is 8.78 Å². The Hall–Kier alpha value is 0.0600. The van der Waals surface area contributed by atoms with Gasteiger partial charge >= 0.3 is 3.93 Å². The maximum Gasteiger partial charge on any atom is 0.325 e. The molecule has 0 spiro atoms. The fraction of sp³-hybridized carbons (Fsp3) is 0.250. The normalized spacial score (nSPS) is 14.2. The minimum Gasteiger partial charge on any atom is -0.381 e. The maximum absolute atomic E-state index is 12.6. The van der Waals surface area contributed by atoms with Crippen LogP contribution in [0.2, 0.25) is 5.02 Å². The molecule has 1 atom stereocenters. The molecule has 1 N–H and O–H groups in total. The van der Waals surface area contributed by atoms with E-state index in [9.17, 15) is 8.78 Å². The van der Waals surface area contributed by atoms with Crippen molar-refractivity contribution >= 4 is 34.2 Å². The molecule has 5 heteroatoms. The van der Waals surface area contributed by atoms with Gasteiger partial charge in [-0.25, -0.2) is 0 Å².